The fourth-order valence-electron chi connectivity index (χ4n) is 0.719. The minimum absolute atomic E-state index is 0.440. The maximum absolute atomic E-state index is 12.2. The summed E-state index contributed by atoms with van der Waals surface area (Å²) >= 11 is 8.06. The van der Waals surface area contributed by atoms with E-state index in [9.17, 15) is 13.2 Å². The highest BCUT2D eigenvalue weighted by Gasteiger charge is 2.31. The summed E-state index contributed by atoms with van der Waals surface area (Å²) in [5, 5.41) is 0. The summed E-state index contributed by atoms with van der Waals surface area (Å²) in [7, 11) is 0. The molecule has 0 saturated carbocycles. The van der Waals surface area contributed by atoms with Crippen molar-refractivity contribution in [2.75, 3.05) is 0 Å². The summed E-state index contributed by atoms with van der Waals surface area (Å²) in [6.07, 6.45) is -4.30. The van der Waals surface area contributed by atoms with E-state index in [1.807, 2.05) is 22.6 Å². The van der Waals surface area contributed by atoms with Gasteiger partial charge in [-0.1, -0.05) is 0 Å². The third-order valence-corrected chi connectivity index (χ3v) is 5.21. The van der Waals surface area contributed by atoms with Crippen LogP contribution in [0.1, 0.15) is 5.56 Å². The zero-order valence-electron chi connectivity index (χ0n) is 5.92. The minimum Gasteiger partial charge on any atom is -0.166 e. The van der Waals surface area contributed by atoms with Crippen LogP contribution in [0, 0.1) is 3.57 Å². The van der Waals surface area contributed by atoms with Crippen molar-refractivity contribution in [3.05, 3.63) is 30.2 Å². The number of halogens is 6. The van der Waals surface area contributed by atoms with Crippen molar-refractivity contribution in [1.82, 2.24) is 0 Å². The van der Waals surface area contributed by atoms with Gasteiger partial charge in [0.15, 0.2) is 0 Å². The van der Waals surface area contributed by atoms with Gasteiger partial charge < -0.3 is 0 Å². The van der Waals surface area contributed by atoms with Gasteiger partial charge in [-0.05, 0) is 66.6 Å². The Balaban J connectivity index is 3.29. The lowest BCUT2D eigenvalue weighted by molar-refractivity contribution is -0.137. The molecule has 0 radical (unpaired) electrons. The van der Waals surface area contributed by atoms with Gasteiger partial charge in [0.05, 0.1) is 5.56 Å². The molecule has 0 aliphatic rings. The van der Waals surface area contributed by atoms with Crippen molar-refractivity contribution >= 4 is 54.5 Å². The summed E-state index contributed by atoms with van der Waals surface area (Å²) < 4.78 is 38.3. The van der Waals surface area contributed by atoms with E-state index >= 15 is 0 Å². The van der Waals surface area contributed by atoms with Gasteiger partial charge in [0.25, 0.3) is 0 Å². The molecule has 1 rings (SSSR count). The van der Waals surface area contributed by atoms with E-state index in [0.29, 0.717) is 8.95 Å². The van der Waals surface area contributed by atoms with E-state index in [2.05, 4.69) is 31.9 Å². The Bertz CT molecular complexity index is 312. The number of hydrogen-bond acceptors (Lipinski definition) is 0. The predicted molar refractivity (Wildman–Crippen MR) is 59.6 cm³/mol. The van der Waals surface area contributed by atoms with Crippen LogP contribution < -0.4 is 0 Å². The normalized spacial score (nSPS) is 11.8. The molecule has 1 aromatic rings. The highest BCUT2D eigenvalue weighted by molar-refractivity contribution is 14.1. The highest BCUT2D eigenvalue weighted by Crippen LogP contribution is 2.36. The van der Waals surface area contributed by atoms with Crippen LogP contribution in [-0.2, 0) is 6.18 Å². The molecule has 0 N–H and O–H groups in total. The first kappa shape index (κ1) is 11.8. The second kappa shape index (κ2) is 4.06. The fourth-order valence-corrected chi connectivity index (χ4v) is 2.22. The quantitative estimate of drug-likeness (QED) is 0.409. The highest BCUT2D eigenvalue weighted by atomic mass is 127. The zero-order chi connectivity index (χ0) is 10.2. The smallest absolute Gasteiger partial charge is 0.166 e. The minimum atomic E-state index is -4.30. The molecule has 0 heterocycles. The SMILES string of the molecule is FC(F)(F)c1cc(Br)c(I)c(Br)c1. The van der Waals surface area contributed by atoms with Crippen LogP contribution >= 0.6 is 54.5 Å². The third kappa shape index (κ3) is 2.82. The average molecular weight is 430 g/mol. The molecule has 13 heavy (non-hydrogen) atoms. The van der Waals surface area contributed by atoms with Gasteiger partial charge in [0.2, 0.25) is 0 Å². The number of alkyl halides is 3. The fraction of sp³-hybridized carbons (Fsp3) is 0.143. The van der Waals surface area contributed by atoms with Crippen LogP contribution in [-0.4, -0.2) is 0 Å². The monoisotopic (exact) mass is 428 g/mol. The van der Waals surface area contributed by atoms with Gasteiger partial charge in [-0.25, -0.2) is 0 Å². The van der Waals surface area contributed by atoms with E-state index in [4.69, 9.17) is 0 Å². The maximum Gasteiger partial charge on any atom is 0.416 e. The molecule has 0 bridgehead atoms. The molecule has 0 atom stereocenters. The Kier molecular flexibility index (Phi) is 3.67. The van der Waals surface area contributed by atoms with Crippen molar-refractivity contribution in [2.45, 2.75) is 6.18 Å². The van der Waals surface area contributed by atoms with Gasteiger partial charge in [0, 0.05) is 12.5 Å². The Labute approximate surface area is 103 Å². The first-order valence-electron chi connectivity index (χ1n) is 3.04. The molecule has 0 spiro atoms. The Morgan fingerprint density at radius 2 is 1.46 bits per heavy atom. The molecule has 0 nitrogen and oxygen atoms in total. The van der Waals surface area contributed by atoms with Gasteiger partial charge in [-0.15, -0.1) is 0 Å². The van der Waals surface area contributed by atoms with Crippen molar-refractivity contribution in [1.29, 1.82) is 0 Å². The Hall–Kier alpha value is 0.700. The standard InChI is InChI=1S/C7H2Br2F3I/c8-4-1-3(7(10,11)12)2-5(9)6(4)13/h1-2H. The van der Waals surface area contributed by atoms with Crippen LogP contribution in [0.25, 0.3) is 0 Å². The molecule has 6 heteroatoms. The second-order valence-electron chi connectivity index (χ2n) is 2.25. The van der Waals surface area contributed by atoms with Crippen LogP contribution in [0.15, 0.2) is 21.1 Å². The topological polar surface area (TPSA) is 0 Å². The van der Waals surface area contributed by atoms with Gasteiger partial charge in [-0.3, -0.25) is 0 Å². The molecule has 72 valence electrons. The molecule has 1 aromatic carbocycles. The Morgan fingerprint density at radius 3 is 1.77 bits per heavy atom. The second-order valence-corrected chi connectivity index (χ2v) is 5.04. The molecule has 0 amide bonds. The molecule has 0 aromatic heterocycles. The Morgan fingerprint density at radius 1 is 1.08 bits per heavy atom. The molecule has 0 unspecified atom stereocenters. The summed E-state index contributed by atoms with van der Waals surface area (Å²) in [5.74, 6) is 0. The van der Waals surface area contributed by atoms with Crippen LogP contribution in [0.2, 0.25) is 0 Å². The third-order valence-electron chi connectivity index (χ3n) is 1.31. The average Bonchev–Trinajstić information content (AvgIpc) is 1.97. The van der Waals surface area contributed by atoms with Gasteiger partial charge in [-0.2, -0.15) is 13.2 Å². The first-order chi connectivity index (χ1) is 5.82. The van der Waals surface area contributed by atoms with E-state index in [-0.39, 0.29) is 0 Å². The van der Waals surface area contributed by atoms with Crippen LogP contribution in [0.3, 0.4) is 0 Å². The van der Waals surface area contributed by atoms with E-state index in [0.717, 1.165) is 15.7 Å². The number of rotatable bonds is 0. The largest absolute Gasteiger partial charge is 0.416 e. The lowest BCUT2D eigenvalue weighted by Crippen LogP contribution is -2.05. The van der Waals surface area contributed by atoms with Gasteiger partial charge in [0.1, 0.15) is 0 Å². The molecule has 0 saturated heterocycles. The summed E-state index contributed by atoms with van der Waals surface area (Å²) in [4.78, 5) is 0. The van der Waals surface area contributed by atoms with Crippen molar-refractivity contribution < 1.29 is 13.2 Å². The van der Waals surface area contributed by atoms with E-state index < -0.39 is 11.7 Å². The van der Waals surface area contributed by atoms with Crippen molar-refractivity contribution in [3.8, 4) is 0 Å². The summed E-state index contributed by atoms with van der Waals surface area (Å²) in [6.45, 7) is 0. The first-order valence-corrected chi connectivity index (χ1v) is 5.70. The maximum atomic E-state index is 12.2. The molecule has 0 fully saturated rings. The molecule has 0 aliphatic heterocycles. The van der Waals surface area contributed by atoms with E-state index in [1.54, 1.807) is 0 Å². The molecular weight excluding hydrogens is 428 g/mol. The lowest BCUT2D eigenvalue weighted by Gasteiger charge is -2.09. The molecule has 0 aliphatic carbocycles. The summed E-state index contributed by atoms with van der Waals surface area (Å²) in [6, 6.07) is 2.12. The van der Waals surface area contributed by atoms with Crippen molar-refractivity contribution in [2.24, 2.45) is 0 Å². The molecular formula is C7H2Br2F3I. The van der Waals surface area contributed by atoms with Crippen LogP contribution in [0.4, 0.5) is 13.2 Å². The van der Waals surface area contributed by atoms with Gasteiger partial charge >= 0.3 is 6.18 Å². The predicted octanol–water partition coefficient (Wildman–Crippen LogP) is 4.83. The lowest BCUT2D eigenvalue weighted by atomic mass is 10.2. The number of benzene rings is 1. The number of hydrogen-bond donors (Lipinski definition) is 0. The van der Waals surface area contributed by atoms with Crippen molar-refractivity contribution in [3.63, 3.8) is 0 Å². The van der Waals surface area contributed by atoms with Crippen LogP contribution in [0.5, 0.6) is 0 Å². The summed E-state index contributed by atoms with van der Waals surface area (Å²) in [5.41, 5.74) is -0.660. The van der Waals surface area contributed by atoms with E-state index in [1.165, 1.54) is 0 Å². The zero-order valence-corrected chi connectivity index (χ0v) is 11.3.